The van der Waals surface area contributed by atoms with Gasteiger partial charge < -0.3 is 14.8 Å². The third-order valence-electron chi connectivity index (χ3n) is 3.29. The topological polar surface area (TPSA) is 89.5 Å². The number of rotatable bonds is 5. The number of hydrogen-bond donors (Lipinski definition) is 2. The number of thioether (sulfide) groups is 1. The molecule has 0 aliphatic carbocycles. The van der Waals surface area contributed by atoms with Crippen LogP contribution in [-0.4, -0.2) is 35.9 Å². The van der Waals surface area contributed by atoms with Crippen LogP contribution >= 0.6 is 11.8 Å². The first-order chi connectivity index (χ1) is 12.7. The summed E-state index contributed by atoms with van der Waals surface area (Å²) in [5.74, 6) is -0.00980. The molecule has 0 spiro atoms. The molecule has 0 fully saturated rings. The first kappa shape index (κ1) is 20.6. The van der Waals surface area contributed by atoms with Crippen LogP contribution in [0, 0.1) is 0 Å². The molecule has 1 aromatic carbocycles. The Morgan fingerprint density at radius 1 is 1.04 bits per heavy atom. The summed E-state index contributed by atoms with van der Waals surface area (Å²) in [4.78, 5) is 28.9. The number of benzene rings is 1. The number of anilines is 1. The Kier molecular flexibility index (Phi) is 6.68. The van der Waals surface area contributed by atoms with Crippen molar-refractivity contribution in [3.63, 3.8) is 0 Å². The average molecular weight is 389 g/mol. The number of imide groups is 1. The number of carbonyl (C=O) groups excluding carboxylic acids is 2. The molecule has 0 bridgehead atoms. The monoisotopic (exact) mass is 389 g/mol. The van der Waals surface area contributed by atoms with Gasteiger partial charge in [0.25, 0.3) is 5.91 Å². The lowest BCUT2D eigenvalue weighted by atomic mass is 10.1. The molecule has 0 radical (unpaired) electrons. The summed E-state index contributed by atoms with van der Waals surface area (Å²) >= 11 is 1.62. The van der Waals surface area contributed by atoms with E-state index in [-0.39, 0.29) is 10.3 Å². The van der Waals surface area contributed by atoms with Crippen LogP contribution in [0.3, 0.4) is 0 Å². The van der Waals surface area contributed by atoms with Gasteiger partial charge in [0.15, 0.2) is 0 Å². The van der Waals surface area contributed by atoms with Crippen LogP contribution in [0.25, 0.3) is 0 Å². The van der Waals surface area contributed by atoms with Crippen molar-refractivity contribution in [1.82, 2.24) is 10.3 Å². The van der Waals surface area contributed by atoms with Gasteiger partial charge in [-0.1, -0.05) is 26.8 Å². The molecule has 0 saturated carbocycles. The zero-order chi connectivity index (χ0) is 20.0. The molecule has 0 aliphatic rings. The average Bonchev–Trinajstić information content (AvgIpc) is 2.61. The van der Waals surface area contributed by atoms with Crippen molar-refractivity contribution < 1.29 is 19.1 Å². The molecule has 2 aromatic rings. The number of ether oxygens (including phenoxy) is 2. The summed E-state index contributed by atoms with van der Waals surface area (Å²) in [5, 5.41) is 5.70. The number of hydrogen-bond acceptors (Lipinski definition) is 6. The quantitative estimate of drug-likeness (QED) is 0.753. The largest absolute Gasteiger partial charge is 0.496 e. The van der Waals surface area contributed by atoms with Crippen molar-refractivity contribution in [3.8, 4) is 11.5 Å². The van der Waals surface area contributed by atoms with Crippen LogP contribution < -0.4 is 20.1 Å². The van der Waals surface area contributed by atoms with Crippen molar-refractivity contribution in [3.05, 3.63) is 42.1 Å². The minimum atomic E-state index is -0.675. The molecule has 27 heavy (non-hydrogen) atoms. The lowest BCUT2D eigenvalue weighted by molar-refractivity contribution is 0.0961. The van der Waals surface area contributed by atoms with Gasteiger partial charge in [0.05, 0.1) is 31.1 Å². The second kappa shape index (κ2) is 8.77. The second-order valence-electron chi connectivity index (χ2n) is 6.55. The predicted molar refractivity (Wildman–Crippen MR) is 106 cm³/mol. The molecule has 7 nitrogen and oxygen atoms in total. The van der Waals surface area contributed by atoms with E-state index in [4.69, 9.17) is 9.47 Å². The van der Waals surface area contributed by atoms with E-state index in [0.29, 0.717) is 17.2 Å². The lowest BCUT2D eigenvalue weighted by Crippen LogP contribution is -2.34. The summed E-state index contributed by atoms with van der Waals surface area (Å²) in [6.45, 7) is 6.28. The summed E-state index contributed by atoms with van der Waals surface area (Å²) in [5.41, 5.74) is 0.623. The Morgan fingerprint density at radius 3 is 2.15 bits per heavy atom. The number of nitrogens with zero attached hydrogens (tertiary/aromatic N) is 1. The minimum Gasteiger partial charge on any atom is -0.496 e. The van der Waals surface area contributed by atoms with E-state index in [1.165, 1.54) is 14.2 Å². The van der Waals surface area contributed by atoms with Gasteiger partial charge in [-0.3, -0.25) is 10.1 Å². The van der Waals surface area contributed by atoms with Crippen molar-refractivity contribution >= 4 is 29.4 Å². The highest BCUT2D eigenvalue weighted by Crippen LogP contribution is 2.30. The highest BCUT2D eigenvalue weighted by Gasteiger charge is 2.20. The molecular formula is C19H23N3O4S. The Hall–Kier alpha value is -2.74. The molecule has 0 unspecified atom stereocenters. The molecule has 3 amide bonds. The summed E-state index contributed by atoms with van der Waals surface area (Å²) < 4.78 is 10.4. The first-order valence-electron chi connectivity index (χ1n) is 8.22. The van der Waals surface area contributed by atoms with E-state index in [9.17, 15) is 9.59 Å². The SMILES string of the molecule is COc1cccc(OC)c1C(=O)NC(=O)Nc1ccc(SC(C)(C)C)nc1. The van der Waals surface area contributed by atoms with Crippen molar-refractivity contribution in [2.45, 2.75) is 30.5 Å². The van der Waals surface area contributed by atoms with Crippen LogP contribution in [0.1, 0.15) is 31.1 Å². The maximum atomic E-state index is 12.5. The molecule has 2 N–H and O–H groups in total. The zero-order valence-corrected chi connectivity index (χ0v) is 16.8. The van der Waals surface area contributed by atoms with Gasteiger partial charge >= 0.3 is 6.03 Å². The molecule has 1 aromatic heterocycles. The fourth-order valence-corrected chi connectivity index (χ4v) is 3.10. The van der Waals surface area contributed by atoms with E-state index >= 15 is 0 Å². The van der Waals surface area contributed by atoms with Crippen molar-refractivity contribution in [1.29, 1.82) is 0 Å². The number of carbonyl (C=O) groups is 2. The highest BCUT2D eigenvalue weighted by molar-refractivity contribution is 8.00. The molecule has 1 heterocycles. The van der Waals surface area contributed by atoms with Crippen LogP contribution in [0.4, 0.5) is 10.5 Å². The zero-order valence-electron chi connectivity index (χ0n) is 16.0. The van der Waals surface area contributed by atoms with Crippen LogP contribution in [0.15, 0.2) is 41.6 Å². The molecule has 0 atom stereocenters. The summed E-state index contributed by atoms with van der Waals surface area (Å²) in [6, 6.07) is 7.80. The van der Waals surface area contributed by atoms with E-state index in [2.05, 4.69) is 36.4 Å². The highest BCUT2D eigenvalue weighted by atomic mass is 32.2. The number of nitrogens with one attached hydrogen (secondary N) is 2. The van der Waals surface area contributed by atoms with E-state index in [1.807, 2.05) is 6.07 Å². The third kappa shape index (κ3) is 5.89. The maximum Gasteiger partial charge on any atom is 0.326 e. The standard InChI is InChI=1S/C19H23N3O4S/c1-19(2,3)27-15-10-9-12(11-20-15)21-18(24)22-17(23)16-13(25-4)7-6-8-14(16)26-5/h6-11H,1-5H3,(H2,21,22,23,24). The van der Waals surface area contributed by atoms with Gasteiger partial charge in [-0.05, 0) is 24.3 Å². The molecule has 0 aliphatic heterocycles. The summed E-state index contributed by atoms with van der Waals surface area (Å²) in [7, 11) is 2.88. The van der Waals surface area contributed by atoms with Gasteiger partial charge in [-0.25, -0.2) is 9.78 Å². The minimum absolute atomic E-state index is 0.0412. The molecule has 0 saturated heterocycles. The fourth-order valence-electron chi connectivity index (χ4n) is 2.23. The summed E-state index contributed by atoms with van der Waals surface area (Å²) in [6.07, 6.45) is 1.54. The van der Waals surface area contributed by atoms with Crippen molar-refractivity contribution in [2.24, 2.45) is 0 Å². The van der Waals surface area contributed by atoms with Gasteiger partial charge in [0, 0.05) is 4.75 Å². The predicted octanol–water partition coefficient (Wildman–Crippen LogP) is 3.95. The maximum absolute atomic E-state index is 12.5. The number of pyridine rings is 1. The van der Waals surface area contributed by atoms with E-state index in [1.54, 1.807) is 42.2 Å². The Labute approximate surface area is 162 Å². The number of methoxy groups -OCH3 is 2. The Morgan fingerprint density at radius 2 is 1.67 bits per heavy atom. The van der Waals surface area contributed by atoms with Crippen molar-refractivity contribution in [2.75, 3.05) is 19.5 Å². The van der Waals surface area contributed by atoms with E-state index < -0.39 is 11.9 Å². The normalized spacial score (nSPS) is 10.9. The smallest absolute Gasteiger partial charge is 0.326 e. The van der Waals surface area contributed by atoms with E-state index in [0.717, 1.165) is 5.03 Å². The molecule has 8 heteroatoms. The number of aromatic nitrogens is 1. The fraction of sp³-hybridized carbons (Fsp3) is 0.316. The van der Waals surface area contributed by atoms with Gasteiger partial charge in [-0.2, -0.15) is 0 Å². The van der Waals surface area contributed by atoms with Gasteiger partial charge in [0.2, 0.25) is 0 Å². The second-order valence-corrected chi connectivity index (χ2v) is 8.39. The van der Waals surface area contributed by atoms with Crippen LogP contribution in [0.2, 0.25) is 0 Å². The number of urea groups is 1. The van der Waals surface area contributed by atoms with Gasteiger partial charge in [-0.15, -0.1) is 11.8 Å². The Bertz CT molecular complexity index is 794. The molecule has 144 valence electrons. The molecule has 2 rings (SSSR count). The first-order valence-corrected chi connectivity index (χ1v) is 9.03. The van der Waals surface area contributed by atoms with Crippen LogP contribution in [-0.2, 0) is 0 Å². The third-order valence-corrected chi connectivity index (χ3v) is 4.35. The van der Waals surface area contributed by atoms with Crippen LogP contribution in [0.5, 0.6) is 11.5 Å². The lowest BCUT2D eigenvalue weighted by Gasteiger charge is -2.16. The number of amides is 3. The Balaban J connectivity index is 2.05. The van der Waals surface area contributed by atoms with Gasteiger partial charge in [0.1, 0.15) is 17.1 Å². The molecular weight excluding hydrogens is 366 g/mol.